The van der Waals surface area contributed by atoms with E-state index in [1.807, 2.05) is 0 Å². The van der Waals surface area contributed by atoms with Gasteiger partial charge in [-0.05, 0) is 12.8 Å². The smallest absolute Gasteiger partial charge is 0.146 e. The summed E-state index contributed by atoms with van der Waals surface area (Å²) in [6, 6.07) is 0.802. The van der Waals surface area contributed by atoms with Crippen LogP contribution in [0, 0.1) is 11.8 Å². The first-order chi connectivity index (χ1) is 6.34. The van der Waals surface area contributed by atoms with Crippen LogP contribution in [0.25, 0.3) is 0 Å². The summed E-state index contributed by atoms with van der Waals surface area (Å²) in [4.78, 5) is 14.2. The number of ether oxygens (including phenoxy) is 1. The molecule has 3 rings (SSSR count). The number of Topliss-reactive ketones (excluding diaryl/α,β-unsaturated/α-hetero) is 1. The third-order valence-electron chi connectivity index (χ3n) is 3.42. The van der Waals surface area contributed by atoms with Crippen molar-refractivity contribution in [3.05, 3.63) is 0 Å². The van der Waals surface area contributed by atoms with Gasteiger partial charge in [0, 0.05) is 19.1 Å². The Hall–Kier alpha value is -0.410. The van der Waals surface area contributed by atoms with Crippen molar-refractivity contribution in [1.29, 1.82) is 0 Å². The molecule has 3 nitrogen and oxygen atoms in total. The van der Waals surface area contributed by atoms with Gasteiger partial charge >= 0.3 is 0 Å². The monoisotopic (exact) mass is 181 g/mol. The van der Waals surface area contributed by atoms with Gasteiger partial charge in [-0.25, -0.2) is 0 Å². The van der Waals surface area contributed by atoms with Crippen LogP contribution in [0.2, 0.25) is 0 Å². The standard InChI is InChI=1S/C10H15NO2/c12-10-7-3-11(9-1-2-9)4-8(10)6-13-5-7/h7-9H,1-6H2. The highest BCUT2D eigenvalue weighted by Gasteiger charge is 2.42. The van der Waals surface area contributed by atoms with Gasteiger partial charge in [0.2, 0.25) is 0 Å². The Morgan fingerprint density at radius 2 is 1.77 bits per heavy atom. The minimum atomic E-state index is 0.188. The van der Waals surface area contributed by atoms with Crippen molar-refractivity contribution in [2.24, 2.45) is 11.8 Å². The SMILES string of the molecule is O=C1C2COCC1CN(C1CC1)C2. The topological polar surface area (TPSA) is 29.5 Å². The summed E-state index contributed by atoms with van der Waals surface area (Å²) in [6.07, 6.45) is 2.68. The van der Waals surface area contributed by atoms with E-state index in [1.54, 1.807) is 0 Å². The summed E-state index contributed by atoms with van der Waals surface area (Å²) in [5.41, 5.74) is 0. The predicted molar refractivity (Wildman–Crippen MR) is 47.4 cm³/mol. The number of nitrogens with zero attached hydrogens (tertiary/aromatic N) is 1. The number of fused-ring (bicyclic) bond motifs is 2. The molecule has 0 N–H and O–H groups in total. The molecule has 0 radical (unpaired) electrons. The molecule has 3 heteroatoms. The van der Waals surface area contributed by atoms with Crippen molar-refractivity contribution >= 4 is 5.78 Å². The van der Waals surface area contributed by atoms with Gasteiger partial charge in [-0.2, -0.15) is 0 Å². The molecular weight excluding hydrogens is 166 g/mol. The van der Waals surface area contributed by atoms with Crippen molar-refractivity contribution in [3.8, 4) is 0 Å². The Balaban J connectivity index is 1.75. The largest absolute Gasteiger partial charge is 0.380 e. The lowest BCUT2D eigenvalue weighted by Crippen LogP contribution is -2.53. The maximum atomic E-state index is 11.7. The molecule has 2 saturated heterocycles. The Bertz CT molecular complexity index is 221. The van der Waals surface area contributed by atoms with E-state index < -0.39 is 0 Å². The third-order valence-corrected chi connectivity index (χ3v) is 3.42. The summed E-state index contributed by atoms with van der Waals surface area (Å²) >= 11 is 0. The molecule has 0 aromatic rings. The van der Waals surface area contributed by atoms with Gasteiger partial charge in [0.05, 0.1) is 25.0 Å². The summed E-state index contributed by atoms with van der Waals surface area (Å²) in [5, 5.41) is 0. The van der Waals surface area contributed by atoms with Crippen LogP contribution in [0.4, 0.5) is 0 Å². The fraction of sp³-hybridized carbons (Fsp3) is 0.900. The van der Waals surface area contributed by atoms with Gasteiger partial charge < -0.3 is 4.74 Å². The van der Waals surface area contributed by atoms with Crippen LogP contribution >= 0.6 is 0 Å². The van der Waals surface area contributed by atoms with Gasteiger partial charge in [-0.3, -0.25) is 9.69 Å². The molecule has 1 saturated carbocycles. The van der Waals surface area contributed by atoms with E-state index >= 15 is 0 Å². The second-order valence-electron chi connectivity index (χ2n) is 4.52. The van der Waals surface area contributed by atoms with E-state index in [1.165, 1.54) is 12.8 Å². The minimum absolute atomic E-state index is 0.188. The highest BCUT2D eigenvalue weighted by molar-refractivity contribution is 5.85. The third kappa shape index (κ3) is 1.30. The second-order valence-corrected chi connectivity index (χ2v) is 4.52. The molecule has 2 unspecified atom stereocenters. The highest BCUT2D eigenvalue weighted by Crippen LogP contribution is 2.33. The zero-order valence-corrected chi connectivity index (χ0v) is 7.74. The predicted octanol–water partition coefficient (Wildman–Crippen LogP) is 0.296. The Morgan fingerprint density at radius 3 is 2.31 bits per heavy atom. The van der Waals surface area contributed by atoms with Crippen molar-refractivity contribution in [2.75, 3.05) is 26.3 Å². The molecule has 0 spiro atoms. The van der Waals surface area contributed by atoms with E-state index in [2.05, 4.69) is 4.90 Å². The van der Waals surface area contributed by atoms with Crippen LogP contribution in [-0.4, -0.2) is 43.0 Å². The Kier molecular flexibility index (Phi) is 1.70. The Labute approximate surface area is 78.0 Å². The van der Waals surface area contributed by atoms with Crippen LogP contribution in [0.1, 0.15) is 12.8 Å². The molecule has 13 heavy (non-hydrogen) atoms. The van der Waals surface area contributed by atoms with E-state index in [4.69, 9.17) is 4.74 Å². The molecule has 3 aliphatic rings. The number of carbonyl (C=O) groups excluding carboxylic acids is 1. The maximum Gasteiger partial charge on any atom is 0.146 e. The summed E-state index contributed by atoms with van der Waals surface area (Å²) in [6.45, 7) is 3.25. The van der Waals surface area contributed by atoms with E-state index in [9.17, 15) is 4.79 Å². The van der Waals surface area contributed by atoms with Crippen LogP contribution < -0.4 is 0 Å². The lowest BCUT2D eigenvalue weighted by molar-refractivity contribution is -0.145. The zero-order valence-electron chi connectivity index (χ0n) is 7.74. The van der Waals surface area contributed by atoms with Crippen LogP contribution in [0.3, 0.4) is 0 Å². The number of carbonyl (C=O) groups is 1. The number of likely N-dealkylation sites (tertiary alicyclic amines) is 1. The van der Waals surface area contributed by atoms with Crippen molar-refractivity contribution < 1.29 is 9.53 Å². The molecule has 0 aromatic heterocycles. The number of piperidine rings is 1. The summed E-state index contributed by atoms with van der Waals surface area (Å²) in [7, 11) is 0. The highest BCUT2D eigenvalue weighted by atomic mass is 16.5. The fourth-order valence-electron chi connectivity index (χ4n) is 2.51. The summed E-state index contributed by atoms with van der Waals surface area (Å²) in [5.74, 6) is 0.837. The van der Waals surface area contributed by atoms with Crippen LogP contribution in [-0.2, 0) is 9.53 Å². The van der Waals surface area contributed by atoms with Crippen LogP contribution in [0.15, 0.2) is 0 Å². The molecule has 0 amide bonds. The van der Waals surface area contributed by atoms with Crippen molar-refractivity contribution in [1.82, 2.24) is 4.90 Å². The molecule has 2 bridgehead atoms. The number of rotatable bonds is 1. The van der Waals surface area contributed by atoms with Gasteiger partial charge in [-0.15, -0.1) is 0 Å². The lowest BCUT2D eigenvalue weighted by Gasteiger charge is -2.40. The molecule has 2 atom stereocenters. The second kappa shape index (κ2) is 2.79. The van der Waals surface area contributed by atoms with Gasteiger partial charge in [0.15, 0.2) is 0 Å². The normalized spacial score (nSPS) is 40.8. The van der Waals surface area contributed by atoms with Crippen LogP contribution in [0.5, 0.6) is 0 Å². The first kappa shape index (κ1) is 7.94. The average Bonchev–Trinajstić information content (AvgIpc) is 2.85. The quantitative estimate of drug-likeness (QED) is 0.582. The molecular formula is C10H15NO2. The molecule has 2 heterocycles. The molecule has 0 aromatic carbocycles. The fourth-order valence-corrected chi connectivity index (χ4v) is 2.51. The van der Waals surface area contributed by atoms with Gasteiger partial charge in [0.25, 0.3) is 0 Å². The van der Waals surface area contributed by atoms with E-state index in [-0.39, 0.29) is 11.8 Å². The molecule has 2 aliphatic heterocycles. The zero-order chi connectivity index (χ0) is 8.84. The molecule has 72 valence electrons. The molecule has 1 aliphatic carbocycles. The first-order valence-corrected chi connectivity index (χ1v) is 5.20. The van der Waals surface area contributed by atoms with Gasteiger partial charge in [0.1, 0.15) is 5.78 Å². The summed E-state index contributed by atoms with van der Waals surface area (Å²) < 4.78 is 5.41. The minimum Gasteiger partial charge on any atom is -0.380 e. The lowest BCUT2D eigenvalue weighted by atomic mass is 9.86. The number of hydrogen-bond acceptors (Lipinski definition) is 3. The number of hydrogen-bond donors (Lipinski definition) is 0. The first-order valence-electron chi connectivity index (χ1n) is 5.20. The van der Waals surface area contributed by atoms with Crippen molar-refractivity contribution in [3.63, 3.8) is 0 Å². The molecule has 3 fully saturated rings. The number of ketones is 1. The van der Waals surface area contributed by atoms with Gasteiger partial charge in [-0.1, -0.05) is 0 Å². The maximum absolute atomic E-state index is 11.7. The van der Waals surface area contributed by atoms with E-state index in [0.717, 1.165) is 19.1 Å². The van der Waals surface area contributed by atoms with E-state index in [0.29, 0.717) is 19.0 Å². The average molecular weight is 181 g/mol. The van der Waals surface area contributed by atoms with Crippen molar-refractivity contribution in [2.45, 2.75) is 18.9 Å². The Morgan fingerprint density at radius 1 is 1.15 bits per heavy atom.